The summed E-state index contributed by atoms with van der Waals surface area (Å²) in [5.41, 5.74) is 2.41. The van der Waals surface area contributed by atoms with E-state index in [4.69, 9.17) is 4.74 Å². The van der Waals surface area contributed by atoms with Gasteiger partial charge >= 0.3 is 5.69 Å². The number of nitro benzene ring substituents is 1. The van der Waals surface area contributed by atoms with E-state index in [1.54, 1.807) is 0 Å². The Kier molecular flexibility index (Phi) is 4.34. The molecule has 3 rings (SSSR count). The molecule has 0 spiro atoms. The Labute approximate surface area is 143 Å². The molecule has 0 radical (unpaired) electrons. The van der Waals surface area contributed by atoms with E-state index in [1.807, 2.05) is 35.7 Å². The zero-order chi connectivity index (χ0) is 18.0. The number of pyridine rings is 1. The Morgan fingerprint density at radius 2 is 2.16 bits per heavy atom. The summed E-state index contributed by atoms with van der Waals surface area (Å²) in [6, 6.07) is 9.75. The van der Waals surface area contributed by atoms with Gasteiger partial charge in [-0.1, -0.05) is 6.07 Å². The highest BCUT2D eigenvalue weighted by molar-refractivity contribution is 5.95. The number of methoxy groups -OCH3 is 1. The number of nitrogens with one attached hydrogen (secondary N) is 1. The van der Waals surface area contributed by atoms with Crippen LogP contribution in [0.2, 0.25) is 0 Å². The fraction of sp³-hybridized carbons (Fsp3) is 0.176. The van der Waals surface area contributed by atoms with Gasteiger partial charge in [0.05, 0.1) is 30.0 Å². The standard InChI is InChI=1S/C17H16N4O4/c1-11-14(20-8-4-3-5-16(20)19-11)10-18-17(22)12-6-7-15(25-2)13(9-12)21(23)24/h3-9H,10H2,1-2H3,(H,18,22). The second-order valence-corrected chi connectivity index (χ2v) is 5.40. The van der Waals surface area contributed by atoms with Gasteiger partial charge in [-0.15, -0.1) is 0 Å². The molecule has 2 aromatic heterocycles. The lowest BCUT2D eigenvalue weighted by Crippen LogP contribution is -2.24. The highest BCUT2D eigenvalue weighted by Gasteiger charge is 2.18. The highest BCUT2D eigenvalue weighted by Crippen LogP contribution is 2.27. The molecule has 0 aliphatic rings. The summed E-state index contributed by atoms with van der Waals surface area (Å²) in [5, 5.41) is 13.8. The number of carbonyl (C=O) groups excluding carboxylic acids is 1. The van der Waals surface area contributed by atoms with Crippen LogP contribution in [0, 0.1) is 17.0 Å². The maximum Gasteiger partial charge on any atom is 0.311 e. The first-order chi connectivity index (χ1) is 12.0. The van der Waals surface area contributed by atoms with E-state index in [2.05, 4.69) is 10.3 Å². The Morgan fingerprint density at radius 1 is 1.36 bits per heavy atom. The third-order valence-electron chi connectivity index (χ3n) is 3.88. The van der Waals surface area contributed by atoms with Crippen LogP contribution in [0.15, 0.2) is 42.6 Å². The van der Waals surface area contributed by atoms with Crippen molar-refractivity contribution in [2.45, 2.75) is 13.5 Å². The van der Waals surface area contributed by atoms with Crippen molar-refractivity contribution in [1.82, 2.24) is 14.7 Å². The number of rotatable bonds is 5. The van der Waals surface area contributed by atoms with Crippen LogP contribution in [0.5, 0.6) is 5.75 Å². The fourth-order valence-corrected chi connectivity index (χ4v) is 2.62. The van der Waals surface area contributed by atoms with E-state index >= 15 is 0 Å². The van der Waals surface area contributed by atoms with Crippen LogP contribution in [-0.2, 0) is 6.54 Å². The minimum Gasteiger partial charge on any atom is -0.490 e. The number of nitro groups is 1. The topological polar surface area (TPSA) is 98.8 Å². The Bertz CT molecular complexity index is 964. The molecule has 0 aliphatic carbocycles. The number of aromatic nitrogens is 2. The molecule has 0 saturated carbocycles. The van der Waals surface area contributed by atoms with E-state index in [0.29, 0.717) is 0 Å². The average Bonchev–Trinajstić information content (AvgIpc) is 2.94. The predicted octanol–water partition coefficient (Wildman–Crippen LogP) is 2.49. The van der Waals surface area contributed by atoms with Crippen LogP contribution < -0.4 is 10.1 Å². The van der Waals surface area contributed by atoms with Crippen molar-refractivity contribution in [3.63, 3.8) is 0 Å². The van der Waals surface area contributed by atoms with Crippen molar-refractivity contribution in [3.05, 3.63) is 69.7 Å². The number of ether oxygens (including phenoxy) is 1. The molecule has 3 aromatic rings. The number of hydrogen-bond donors (Lipinski definition) is 1. The van der Waals surface area contributed by atoms with Crippen molar-refractivity contribution in [2.24, 2.45) is 0 Å². The number of aryl methyl sites for hydroxylation is 1. The molecule has 25 heavy (non-hydrogen) atoms. The maximum absolute atomic E-state index is 12.4. The SMILES string of the molecule is COc1ccc(C(=O)NCc2c(C)nc3ccccn23)cc1[N+](=O)[O-]. The number of carbonyl (C=O) groups is 1. The van der Waals surface area contributed by atoms with Crippen molar-refractivity contribution in [2.75, 3.05) is 7.11 Å². The zero-order valence-electron chi connectivity index (χ0n) is 13.7. The van der Waals surface area contributed by atoms with Crippen LogP contribution in [0.4, 0.5) is 5.69 Å². The molecule has 0 fully saturated rings. The third-order valence-corrected chi connectivity index (χ3v) is 3.88. The molecular formula is C17H16N4O4. The Hall–Kier alpha value is -3.42. The van der Waals surface area contributed by atoms with Crippen molar-refractivity contribution in [3.8, 4) is 5.75 Å². The summed E-state index contributed by atoms with van der Waals surface area (Å²) < 4.78 is 6.83. The van der Waals surface area contributed by atoms with Gasteiger partial charge in [0.1, 0.15) is 5.65 Å². The Balaban J connectivity index is 1.82. The van der Waals surface area contributed by atoms with Gasteiger partial charge in [-0.3, -0.25) is 14.9 Å². The minimum absolute atomic E-state index is 0.110. The molecule has 2 heterocycles. The lowest BCUT2D eigenvalue weighted by atomic mass is 10.1. The predicted molar refractivity (Wildman–Crippen MR) is 90.7 cm³/mol. The first-order valence-corrected chi connectivity index (χ1v) is 7.54. The molecule has 8 heteroatoms. The van der Waals surface area contributed by atoms with E-state index in [0.717, 1.165) is 17.0 Å². The molecule has 1 aromatic carbocycles. The van der Waals surface area contributed by atoms with Gasteiger partial charge in [-0.2, -0.15) is 0 Å². The second kappa shape index (κ2) is 6.60. The summed E-state index contributed by atoms with van der Waals surface area (Å²) in [6.45, 7) is 2.13. The van der Waals surface area contributed by atoms with Crippen LogP contribution in [0.1, 0.15) is 21.7 Å². The van der Waals surface area contributed by atoms with Crippen LogP contribution >= 0.6 is 0 Å². The number of amides is 1. The highest BCUT2D eigenvalue weighted by atomic mass is 16.6. The monoisotopic (exact) mass is 340 g/mol. The normalized spacial score (nSPS) is 10.6. The summed E-state index contributed by atoms with van der Waals surface area (Å²) in [6.07, 6.45) is 1.87. The molecule has 128 valence electrons. The largest absolute Gasteiger partial charge is 0.490 e. The Morgan fingerprint density at radius 3 is 2.88 bits per heavy atom. The fourth-order valence-electron chi connectivity index (χ4n) is 2.62. The van der Waals surface area contributed by atoms with Gasteiger partial charge in [0, 0.05) is 17.8 Å². The minimum atomic E-state index is -0.579. The van der Waals surface area contributed by atoms with Gasteiger partial charge in [0.15, 0.2) is 5.75 Å². The van der Waals surface area contributed by atoms with Crippen LogP contribution in [-0.4, -0.2) is 27.3 Å². The maximum atomic E-state index is 12.4. The summed E-state index contributed by atoms with van der Waals surface area (Å²) in [5.74, 6) is -0.296. The van der Waals surface area contributed by atoms with Crippen molar-refractivity contribution >= 4 is 17.2 Å². The van der Waals surface area contributed by atoms with Gasteiger partial charge in [0.2, 0.25) is 0 Å². The average molecular weight is 340 g/mol. The number of nitrogens with zero attached hydrogens (tertiary/aromatic N) is 3. The molecule has 0 unspecified atom stereocenters. The smallest absolute Gasteiger partial charge is 0.311 e. The number of fused-ring (bicyclic) bond motifs is 1. The quantitative estimate of drug-likeness (QED) is 0.568. The summed E-state index contributed by atoms with van der Waals surface area (Å²) in [7, 11) is 1.34. The molecule has 8 nitrogen and oxygen atoms in total. The van der Waals surface area contributed by atoms with Crippen molar-refractivity contribution < 1.29 is 14.5 Å². The molecule has 0 bridgehead atoms. The van der Waals surface area contributed by atoms with E-state index in [1.165, 1.54) is 25.3 Å². The lowest BCUT2D eigenvalue weighted by molar-refractivity contribution is -0.385. The first-order valence-electron chi connectivity index (χ1n) is 7.54. The second-order valence-electron chi connectivity index (χ2n) is 5.40. The van der Waals surface area contributed by atoms with E-state index in [9.17, 15) is 14.9 Å². The number of hydrogen-bond acceptors (Lipinski definition) is 5. The van der Waals surface area contributed by atoms with Gasteiger partial charge in [0.25, 0.3) is 5.91 Å². The van der Waals surface area contributed by atoms with Crippen LogP contribution in [0.25, 0.3) is 5.65 Å². The molecule has 0 aliphatic heterocycles. The summed E-state index contributed by atoms with van der Waals surface area (Å²) >= 11 is 0. The molecule has 1 amide bonds. The van der Waals surface area contributed by atoms with E-state index < -0.39 is 10.8 Å². The van der Waals surface area contributed by atoms with E-state index in [-0.39, 0.29) is 23.5 Å². The number of imidazole rings is 1. The van der Waals surface area contributed by atoms with Gasteiger partial charge in [-0.25, -0.2) is 4.98 Å². The molecular weight excluding hydrogens is 324 g/mol. The molecule has 0 saturated heterocycles. The van der Waals surface area contributed by atoms with Gasteiger partial charge < -0.3 is 14.5 Å². The zero-order valence-corrected chi connectivity index (χ0v) is 13.7. The third kappa shape index (κ3) is 3.14. The van der Waals surface area contributed by atoms with Crippen LogP contribution in [0.3, 0.4) is 0 Å². The van der Waals surface area contributed by atoms with Crippen molar-refractivity contribution in [1.29, 1.82) is 0 Å². The first kappa shape index (κ1) is 16.4. The molecule has 0 atom stereocenters. The summed E-state index contributed by atoms with van der Waals surface area (Å²) in [4.78, 5) is 27.3. The van der Waals surface area contributed by atoms with Gasteiger partial charge in [-0.05, 0) is 31.2 Å². The number of benzene rings is 1. The lowest BCUT2D eigenvalue weighted by Gasteiger charge is -2.08. The molecule has 1 N–H and O–H groups in total.